The first-order chi connectivity index (χ1) is 15.7. The third kappa shape index (κ3) is 6.79. The lowest BCUT2D eigenvalue weighted by molar-refractivity contribution is -0.142. The maximum atomic E-state index is 13.5. The molecule has 1 N–H and O–H groups in total. The van der Waals surface area contributed by atoms with Crippen LogP contribution in [0.3, 0.4) is 0 Å². The van der Waals surface area contributed by atoms with E-state index in [0.717, 1.165) is 28.9 Å². The smallest absolute Gasteiger partial charge is 0.311 e. The lowest BCUT2D eigenvalue weighted by Crippen LogP contribution is -2.17. The molecular weight excluding hydrogens is 488 g/mol. The Labute approximate surface area is 205 Å². The minimum atomic E-state index is -0.495. The van der Waals surface area contributed by atoms with Crippen molar-refractivity contribution in [3.63, 3.8) is 0 Å². The molecular formula is C23H24Cl2FN3O3S. The molecule has 1 aromatic carbocycles. The van der Waals surface area contributed by atoms with Crippen molar-refractivity contribution in [2.24, 2.45) is 5.92 Å². The third-order valence-corrected chi connectivity index (χ3v) is 6.19. The number of rotatable bonds is 9. The third-order valence-electron chi connectivity index (χ3n) is 4.65. The Morgan fingerprint density at radius 1 is 1.24 bits per heavy atom. The van der Waals surface area contributed by atoms with E-state index in [-0.39, 0.29) is 29.1 Å². The zero-order valence-electron chi connectivity index (χ0n) is 18.5. The van der Waals surface area contributed by atoms with Crippen LogP contribution >= 0.6 is 34.5 Å². The van der Waals surface area contributed by atoms with E-state index in [4.69, 9.17) is 27.9 Å². The van der Waals surface area contributed by atoms with Crippen molar-refractivity contribution in [3.8, 4) is 0 Å². The van der Waals surface area contributed by atoms with Gasteiger partial charge in [-0.2, -0.15) is 0 Å². The van der Waals surface area contributed by atoms with Gasteiger partial charge in [0.25, 0.3) is 5.91 Å². The summed E-state index contributed by atoms with van der Waals surface area (Å²) in [6.45, 7) is 6.51. The SMILES string of the molecule is CCOC(=O)Cc1nc(NC(=O)c2cc(CC(C)C)cn2Cc2ccc(F)c(Cl)c2)sc1Cl. The number of hydrogen-bond donors (Lipinski definition) is 1. The largest absolute Gasteiger partial charge is 0.466 e. The number of halogens is 3. The zero-order valence-corrected chi connectivity index (χ0v) is 20.8. The van der Waals surface area contributed by atoms with Crippen LogP contribution in [0.15, 0.2) is 30.5 Å². The van der Waals surface area contributed by atoms with E-state index in [1.54, 1.807) is 23.6 Å². The molecule has 33 heavy (non-hydrogen) atoms. The maximum absolute atomic E-state index is 13.5. The van der Waals surface area contributed by atoms with Gasteiger partial charge in [0, 0.05) is 12.7 Å². The topological polar surface area (TPSA) is 73.2 Å². The quantitative estimate of drug-likeness (QED) is 0.357. The molecule has 0 atom stereocenters. The maximum Gasteiger partial charge on any atom is 0.311 e. The summed E-state index contributed by atoms with van der Waals surface area (Å²) in [5.74, 6) is -0.898. The van der Waals surface area contributed by atoms with E-state index in [1.165, 1.54) is 6.07 Å². The summed E-state index contributed by atoms with van der Waals surface area (Å²) < 4.78 is 20.6. The lowest BCUT2D eigenvalue weighted by Gasteiger charge is -2.09. The van der Waals surface area contributed by atoms with Gasteiger partial charge in [-0.15, -0.1) is 0 Å². The predicted molar refractivity (Wildman–Crippen MR) is 129 cm³/mol. The van der Waals surface area contributed by atoms with E-state index < -0.39 is 11.8 Å². The van der Waals surface area contributed by atoms with Crippen molar-refractivity contribution < 1.29 is 18.7 Å². The van der Waals surface area contributed by atoms with Crippen LogP contribution in [0.1, 0.15) is 48.1 Å². The van der Waals surface area contributed by atoms with Crippen molar-refractivity contribution in [3.05, 3.63) is 68.2 Å². The minimum absolute atomic E-state index is 0.0274. The van der Waals surface area contributed by atoms with Crippen molar-refractivity contribution in [2.45, 2.75) is 40.2 Å². The van der Waals surface area contributed by atoms with Gasteiger partial charge in [-0.3, -0.25) is 14.9 Å². The Morgan fingerprint density at radius 2 is 2.00 bits per heavy atom. The number of ether oxygens (including phenoxy) is 1. The molecule has 1 amide bonds. The highest BCUT2D eigenvalue weighted by Gasteiger charge is 2.19. The van der Waals surface area contributed by atoms with Gasteiger partial charge >= 0.3 is 5.97 Å². The van der Waals surface area contributed by atoms with Crippen LogP contribution in [0.4, 0.5) is 9.52 Å². The van der Waals surface area contributed by atoms with Gasteiger partial charge in [0.05, 0.1) is 23.7 Å². The molecule has 176 valence electrons. The van der Waals surface area contributed by atoms with Gasteiger partial charge < -0.3 is 9.30 Å². The molecule has 3 aromatic rings. The molecule has 6 nitrogen and oxygen atoms in total. The molecule has 2 heterocycles. The number of aromatic nitrogens is 2. The Hall–Kier alpha value is -2.42. The summed E-state index contributed by atoms with van der Waals surface area (Å²) in [4.78, 5) is 29.1. The van der Waals surface area contributed by atoms with Crippen LogP contribution in [-0.4, -0.2) is 28.0 Å². The second-order valence-electron chi connectivity index (χ2n) is 7.88. The fourth-order valence-corrected chi connectivity index (χ4v) is 4.55. The Kier molecular flexibility index (Phi) is 8.51. The number of amides is 1. The number of benzene rings is 1. The van der Waals surface area contributed by atoms with E-state index >= 15 is 0 Å². The van der Waals surface area contributed by atoms with Gasteiger partial charge in [0.15, 0.2) is 5.13 Å². The summed E-state index contributed by atoms with van der Waals surface area (Å²) in [6.07, 6.45) is 2.64. The molecule has 3 rings (SSSR count). The first-order valence-electron chi connectivity index (χ1n) is 10.4. The number of hydrogen-bond acceptors (Lipinski definition) is 5. The highest BCUT2D eigenvalue weighted by Crippen LogP contribution is 2.29. The Morgan fingerprint density at radius 3 is 2.67 bits per heavy atom. The van der Waals surface area contributed by atoms with E-state index in [0.29, 0.717) is 28.2 Å². The standard InChI is InChI=1S/C23H24Cl2FN3O3S/c1-4-32-20(30)10-18-21(25)33-23(27-18)28-22(31)19-9-15(7-13(2)3)12-29(19)11-14-5-6-17(26)16(24)8-14/h5-6,8-9,12-13H,4,7,10-11H2,1-3H3,(H,27,28,31). The molecule has 0 saturated heterocycles. The van der Waals surface area contributed by atoms with Crippen molar-refractivity contribution in [1.82, 2.24) is 9.55 Å². The second-order valence-corrected chi connectivity index (χ2v) is 9.89. The number of nitrogens with one attached hydrogen (secondary N) is 1. The summed E-state index contributed by atoms with van der Waals surface area (Å²) in [5, 5.41) is 3.07. The first kappa shape index (κ1) is 25.2. The number of esters is 1. The number of anilines is 1. The van der Waals surface area contributed by atoms with E-state index in [1.807, 2.05) is 12.3 Å². The molecule has 0 aliphatic heterocycles. The Bertz CT molecular complexity index is 1160. The summed E-state index contributed by atoms with van der Waals surface area (Å²) >= 11 is 13.2. The highest BCUT2D eigenvalue weighted by molar-refractivity contribution is 7.19. The van der Waals surface area contributed by atoms with E-state index in [2.05, 4.69) is 24.1 Å². The Balaban J connectivity index is 1.83. The monoisotopic (exact) mass is 511 g/mol. The molecule has 0 fully saturated rings. The second kappa shape index (κ2) is 11.1. The number of carbonyl (C=O) groups is 2. The minimum Gasteiger partial charge on any atom is -0.466 e. The van der Waals surface area contributed by atoms with Crippen molar-refractivity contribution >= 4 is 51.5 Å². The highest BCUT2D eigenvalue weighted by atomic mass is 35.5. The van der Waals surface area contributed by atoms with Crippen LogP contribution in [0.25, 0.3) is 0 Å². The lowest BCUT2D eigenvalue weighted by atomic mass is 10.1. The molecule has 0 bridgehead atoms. The molecule has 0 aliphatic carbocycles. The fraction of sp³-hybridized carbons (Fsp3) is 0.348. The normalized spacial score (nSPS) is 11.1. The van der Waals surface area contributed by atoms with Gasteiger partial charge in [-0.05, 0) is 48.6 Å². The molecule has 2 aromatic heterocycles. The molecule has 0 unspecified atom stereocenters. The molecule has 10 heteroatoms. The van der Waals surface area contributed by atoms with Crippen LogP contribution in [-0.2, 0) is 28.9 Å². The van der Waals surface area contributed by atoms with Crippen LogP contribution in [0.5, 0.6) is 0 Å². The first-order valence-corrected chi connectivity index (χ1v) is 12.0. The van der Waals surface area contributed by atoms with Crippen LogP contribution in [0, 0.1) is 11.7 Å². The molecule has 0 radical (unpaired) electrons. The number of thiazole rings is 1. The molecule has 0 aliphatic rings. The summed E-state index contributed by atoms with van der Waals surface area (Å²) in [7, 11) is 0. The summed E-state index contributed by atoms with van der Waals surface area (Å²) in [6, 6.07) is 6.31. The van der Waals surface area contributed by atoms with Gasteiger partial charge in [0.2, 0.25) is 0 Å². The van der Waals surface area contributed by atoms with Crippen LogP contribution in [0.2, 0.25) is 9.36 Å². The predicted octanol–water partition coefficient (Wildman–Crippen LogP) is 6.00. The molecule has 0 saturated carbocycles. The van der Waals surface area contributed by atoms with E-state index in [9.17, 15) is 14.0 Å². The summed E-state index contributed by atoms with van der Waals surface area (Å²) in [5.41, 5.74) is 2.54. The van der Waals surface area contributed by atoms with Gasteiger partial charge in [-0.25, -0.2) is 9.37 Å². The zero-order chi connectivity index (χ0) is 24.1. The van der Waals surface area contributed by atoms with Crippen LogP contribution < -0.4 is 5.32 Å². The average Bonchev–Trinajstić information content (AvgIpc) is 3.27. The van der Waals surface area contributed by atoms with Crippen molar-refractivity contribution in [1.29, 1.82) is 0 Å². The fourth-order valence-electron chi connectivity index (χ4n) is 3.32. The van der Waals surface area contributed by atoms with Gasteiger partial charge in [-0.1, -0.05) is 54.5 Å². The van der Waals surface area contributed by atoms with Crippen molar-refractivity contribution in [2.75, 3.05) is 11.9 Å². The number of carbonyl (C=O) groups excluding carboxylic acids is 2. The number of nitrogens with zero attached hydrogens (tertiary/aromatic N) is 2. The molecule has 0 spiro atoms. The average molecular weight is 512 g/mol. The van der Waals surface area contributed by atoms with Gasteiger partial charge in [0.1, 0.15) is 15.8 Å².